The molecule has 0 spiro atoms. The maximum Gasteiger partial charge on any atom is 0.267 e. The number of aliphatic hydroxyl groups excluding tert-OH is 1. The van der Waals surface area contributed by atoms with Crippen LogP contribution < -0.4 is 0 Å². The van der Waals surface area contributed by atoms with Gasteiger partial charge in [-0.05, 0) is 25.7 Å². The average Bonchev–Trinajstić information content (AvgIpc) is 2.47. The van der Waals surface area contributed by atoms with E-state index < -0.39 is 15.4 Å². The molecular weight excluding hydrogens is 312 g/mol. The van der Waals surface area contributed by atoms with Crippen molar-refractivity contribution in [3.63, 3.8) is 0 Å². The summed E-state index contributed by atoms with van der Waals surface area (Å²) in [5.74, 6) is 0. The molecule has 0 aromatic carbocycles. The Bertz CT molecular complexity index is 354. The second-order valence-electron chi connectivity index (χ2n) is 6.77. The van der Waals surface area contributed by atoms with E-state index in [1.807, 2.05) is 0 Å². The number of aliphatic hydroxyl groups is 1. The summed E-state index contributed by atoms with van der Waals surface area (Å²) in [6.07, 6.45) is 12.9. The highest BCUT2D eigenvalue weighted by Gasteiger charge is 2.21. The molecule has 0 saturated heterocycles. The van der Waals surface area contributed by atoms with Gasteiger partial charge in [0, 0.05) is 0 Å². The van der Waals surface area contributed by atoms with E-state index >= 15 is 0 Å². The van der Waals surface area contributed by atoms with Gasteiger partial charge < -0.3 is 5.11 Å². The van der Waals surface area contributed by atoms with Gasteiger partial charge in [-0.15, -0.1) is 0 Å². The zero-order valence-electron chi connectivity index (χ0n) is 15.2. The molecule has 5 heteroatoms. The van der Waals surface area contributed by atoms with Crippen LogP contribution in [0.15, 0.2) is 0 Å². The monoisotopic (exact) mass is 350 g/mol. The van der Waals surface area contributed by atoms with E-state index in [-0.39, 0.29) is 6.10 Å². The Kier molecular flexibility index (Phi) is 14.2. The molecule has 0 bridgehead atoms. The normalized spacial score (nSPS) is 14.8. The van der Waals surface area contributed by atoms with Gasteiger partial charge in [0.1, 0.15) is 0 Å². The van der Waals surface area contributed by atoms with E-state index in [9.17, 15) is 18.1 Å². The summed E-state index contributed by atoms with van der Waals surface area (Å²) in [5, 5.41) is 9.05. The first-order valence-corrected chi connectivity index (χ1v) is 11.1. The lowest BCUT2D eigenvalue weighted by Crippen LogP contribution is -2.20. The summed E-state index contributed by atoms with van der Waals surface area (Å²) in [7, 11) is -3.92. The molecule has 0 rings (SSSR count). The SMILES string of the molecule is CCCCCCCCC(CCCCCC(O)CCC)S(=O)(=O)O. The standard InChI is InChI=1S/C18H38O4S/c1-3-5-6-7-8-11-15-18(23(20,21)22)16-12-9-10-14-17(19)13-4-2/h17-19H,3-16H2,1-2H3,(H,20,21,22). The second kappa shape index (κ2) is 14.2. The lowest BCUT2D eigenvalue weighted by molar-refractivity contribution is 0.150. The molecule has 4 nitrogen and oxygen atoms in total. The van der Waals surface area contributed by atoms with Crippen molar-refractivity contribution in [2.45, 2.75) is 115 Å². The third-order valence-electron chi connectivity index (χ3n) is 4.49. The molecule has 0 saturated carbocycles. The van der Waals surface area contributed by atoms with Crippen molar-refractivity contribution in [2.75, 3.05) is 0 Å². The fraction of sp³-hybridized carbons (Fsp3) is 1.00. The second-order valence-corrected chi connectivity index (χ2v) is 8.47. The minimum atomic E-state index is -3.92. The lowest BCUT2D eigenvalue weighted by atomic mass is 10.0. The van der Waals surface area contributed by atoms with Crippen LogP contribution in [0.25, 0.3) is 0 Å². The van der Waals surface area contributed by atoms with Crippen molar-refractivity contribution in [2.24, 2.45) is 0 Å². The van der Waals surface area contributed by atoms with Crippen molar-refractivity contribution in [3.8, 4) is 0 Å². The molecule has 2 unspecified atom stereocenters. The number of rotatable bonds is 16. The van der Waals surface area contributed by atoms with Crippen LogP contribution in [-0.2, 0) is 10.1 Å². The van der Waals surface area contributed by atoms with Gasteiger partial charge in [-0.3, -0.25) is 4.55 Å². The maximum absolute atomic E-state index is 11.5. The highest BCUT2D eigenvalue weighted by Crippen LogP contribution is 2.19. The molecule has 0 fully saturated rings. The van der Waals surface area contributed by atoms with Gasteiger partial charge in [-0.25, -0.2) is 0 Å². The Labute approximate surface area is 143 Å². The van der Waals surface area contributed by atoms with Crippen LogP contribution in [0.1, 0.15) is 104 Å². The molecule has 0 aliphatic carbocycles. The highest BCUT2D eigenvalue weighted by atomic mass is 32.2. The molecule has 0 amide bonds. The predicted octanol–water partition coefficient (Wildman–Crippen LogP) is 5.10. The van der Waals surface area contributed by atoms with Gasteiger partial charge in [-0.1, -0.05) is 78.1 Å². The average molecular weight is 351 g/mol. The fourth-order valence-corrected chi connectivity index (χ4v) is 3.93. The summed E-state index contributed by atoms with van der Waals surface area (Å²) in [4.78, 5) is 0. The number of hydrogen-bond donors (Lipinski definition) is 2. The molecule has 0 aliphatic heterocycles. The highest BCUT2D eigenvalue weighted by molar-refractivity contribution is 7.86. The molecule has 0 radical (unpaired) electrons. The van der Waals surface area contributed by atoms with E-state index in [4.69, 9.17) is 0 Å². The molecule has 0 heterocycles. The van der Waals surface area contributed by atoms with Gasteiger partial charge in [0.05, 0.1) is 11.4 Å². The van der Waals surface area contributed by atoms with Crippen LogP contribution in [0.4, 0.5) is 0 Å². The van der Waals surface area contributed by atoms with E-state index in [0.29, 0.717) is 12.8 Å². The minimum absolute atomic E-state index is 0.222. The number of unbranched alkanes of at least 4 members (excludes halogenated alkanes) is 7. The molecule has 23 heavy (non-hydrogen) atoms. The van der Waals surface area contributed by atoms with Crippen LogP contribution in [-0.4, -0.2) is 29.4 Å². The molecule has 2 N–H and O–H groups in total. The van der Waals surface area contributed by atoms with Crippen LogP contribution >= 0.6 is 0 Å². The predicted molar refractivity (Wildman–Crippen MR) is 97.3 cm³/mol. The van der Waals surface area contributed by atoms with Gasteiger partial charge in [0.15, 0.2) is 0 Å². The first kappa shape index (κ1) is 22.9. The van der Waals surface area contributed by atoms with Gasteiger partial charge in [0.25, 0.3) is 10.1 Å². The Hall–Kier alpha value is -0.130. The first-order valence-electron chi connectivity index (χ1n) is 9.56. The summed E-state index contributed by atoms with van der Waals surface area (Å²) in [5.41, 5.74) is 0. The van der Waals surface area contributed by atoms with Crippen molar-refractivity contribution in [1.82, 2.24) is 0 Å². The zero-order chi connectivity index (χ0) is 17.6. The van der Waals surface area contributed by atoms with Crippen LogP contribution in [0.3, 0.4) is 0 Å². The van der Waals surface area contributed by atoms with Crippen LogP contribution in [0, 0.1) is 0 Å². The van der Waals surface area contributed by atoms with E-state index in [2.05, 4.69) is 13.8 Å². The van der Waals surface area contributed by atoms with Gasteiger partial charge in [-0.2, -0.15) is 8.42 Å². The fourth-order valence-electron chi connectivity index (χ4n) is 3.00. The van der Waals surface area contributed by atoms with E-state index in [1.54, 1.807) is 0 Å². The summed E-state index contributed by atoms with van der Waals surface area (Å²) in [6, 6.07) is 0. The van der Waals surface area contributed by atoms with Crippen molar-refractivity contribution in [1.29, 1.82) is 0 Å². The summed E-state index contributed by atoms with van der Waals surface area (Å²) < 4.78 is 32.3. The maximum atomic E-state index is 11.5. The van der Waals surface area contributed by atoms with E-state index in [0.717, 1.165) is 57.8 Å². The lowest BCUT2D eigenvalue weighted by Gasteiger charge is -2.14. The Balaban J connectivity index is 3.85. The van der Waals surface area contributed by atoms with Gasteiger partial charge >= 0.3 is 0 Å². The molecular formula is C18H38O4S. The zero-order valence-corrected chi connectivity index (χ0v) is 16.0. The third-order valence-corrected chi connectivity index (χ3v) is 5.80. The Morgan fingerprint density at radius 3 is 1.70 bits per heavy atom. The van der Waals surface area contributed by atoms with Crippen molar-refractivity contribution >= 4 is 10.1 Å². The minimum Gasteiger partial charge on any atom is -0.393 e. The first-order chi connectivity index (χ1) is 10.9. The van der Waals surface area contributed by atoms with Crippen molar-refractivity contribution < 1.29 is 18.1 Å². The molecule has 0 aliphatic rings. The Morgan fingerprint density at radius 1 is 0.696 bits per heavy atom. The van der Waals surface area contributed by atoms with Crippen molar-refractivity contribution in [3.05, 3.63) is 0 Å². The van der Waals surface area contributed by atoms with Gasteiger partial charge in [0.2, 0.25) is 0 Å². The topological polar surface area (TPSA) is 74.6 Å². The largest absolute Gasteiger partial charge is 0.393 e. The Morgan fingerprint density at radius 2 is 1.17 bits per heavy atom. The molecule has 0 aromatic heterocycles. The quantitative estimate of drug-likeness (QED) is 0.300. The molecule has 140 valence electrons. The molecule has 2 atom stereocenters. The third kappa shape index (κ3) is 14.0. The van der Waals surface area contributed by atoms with Crippen LogP contribution in [0.5, 0.6) is 0 Å². The smallest absolute Gasteiger partial charge is 0.267 e. The van der Waals surface area contributed by atoms with Crippen LogP contribution in [0.2, 0.25) is 0 Å². The van der Waals surface area contributed by atoms with E-state index in [1.165, 1.54) is 19.3 Å². The number of hydrogen-bond acceptors (Lipinski definition) is 3. The summed E-state index contributed by atoms with van der Waals surface area (Å²) in [6.45, 7) is 4.23. The summed E-state index contributed by atoms with van der Waals surface area (Å²) >= 11 is 0. The molecule has 0 aromatic rings.